The second kappa shape index (κ2) is 10.2. The van der Waals surface area contributed by atoms with Crippen molar-refractivity contribution in [2.75, 3.05) is 13.7 Å². The molecular weight excluding hydrogens is 394 g/mol. The number of halogens is 2. The van der Waals surface area contributed by atoms with Gasteiger partial charge in [0, 0.05) is 0 Å². The molecule has 2 fully saturated rings. The van der Waals surface area contributed by atoms with Gasteiger partial charge in [-0.25, -0.2) is 0 Å². The molecule has 0 radical (unpaired) electrons. The molecule has 4 rings (SSSR count). The van der Waals surface area contributed by atoms with Gasteiger partial charge in [-0.15, -0.1) is 0 Å². The molecule has 0 amide bonds. The lowest BCUT2D eigenvalue weighted by Crippen LogP contribution is -2.33. The molecule has 5 atom stereocenters. The molecule has 3 aliphatic rings. The van der Waals surface area contributed by atoms with Crippen LogP contribution in [0.4, 0.5) is 8.78 Å². The SMILES string of the molecule is CCCC1CCC2CC(C3C=CC(COc4ccc(OC)c(F)c4F)=CC3)CCC2C1. The standard InChI is InChI=1S/C27H36F2O2/c1-3-4-18-5-10-23-16-22(12-11-21(23)15-18)20-8-6-19(7-9-20)17-31-25-14-13-24(30-2)26(28)27(25)29/h6-8,13-14,18,20-23H,3-5,9-12,15-17H2,1-2H3. The Bertz CT molecular complexity index is 816. The van der Waals surface area contributed by atoms with E-state index in [4.69, 9.17) is 9.47 Å². The Balaban J connectivity index is 1.27. The fourth-order valence-electron chi connectivity index (χ4n) is 6.16. The molecule has 4 heteroatoms. The Labute approximate surface area is 185 Å². The molecule has 2 nitrogen and oxygen atoms in total. The van der Waals surface area contributed by atoms with E-state index in [1.54, 1.807) is 0 Å². The first-order valence-electron chi connectivity index (χ1n) is 12.1. The number of ether oxygens (including phenoxy) is 2. The minimum Gasteiger partial charge on any atom is -0.494 e. The van der Waals surface area contributed by atoms with Crippen LogP contribution >= 0.6 is 0 Å². The van der Waals surface area contributed by atoms with Crippen LogP contribution in [0.5, 0.6) is 11.5 Å². The van der Waals surface area contributed by atoms with Gasteiger partial charge in [0.2, 0.25) is 11.6 Å². The molecule has 0 aromatic heterocycles. The molecule has 0 spiro atoms. The van der Waals surface area contributed by atoms with E-state index in [-0.39, 0.29) is 18.1 Å². The molecule has 0 bridgehead atoms. The van der Waals surface area contributed by atoms with E-state index < -0.39 is 11.6 Å². The number of hydrogen-bond donors (Lipinski definition) is 0. The van der Waals surface area contributed by atoms with Gasteiger partial charge in [-0.3, -0.25) is 0 Å². The number of benzene rings is 1. The molecule has 3 aliphatic carbocycles. The topological polar surface area (TPSA) is 18.5 Å². The third-order valence-electron chi connectivity index (χ3n) is 7.90. The van der Waals surface area contributed by atoms with Gasteiger partial charge in [-0.1, -0.05) is 44.4 Å². The maximum atomic E-state index is 14.1. The van der Waals surface area contributed by atoms with Crippen LogP contribution < -0.4 is 9.47 Å². The molecule has 0 aliphatic heterocycles. The Morgan fingerprint density at radius 3 is 2.39 bits per heavy atom. The summed E-state index contributed by atoms with van der Waals surface area (Å²) >= 11 is 0. The van der Waals surface area contributed by atoms with Crippen LogP contribution in [0.1, 0.15) is 64.7 Å². The first-order chi connectivity index (χ1) is 15.1. The second-order valence-electron chi connectivity index (χ2n) is 9.78. The molecule has 0 heterocycles. The zero-order valence-electron chi connectivity index (χ0n) is 18.9. The van der Waals surface area contributed by atoms with Gasteiger partial charge >= 0.3 is 0 Å². The first-order valence-corrected chi connectivity index (χ1v) is 12.1. The molecule has 5 unspecified atom stereocenters. The lowest BCUT2D eigenvalue weighted by atomic mass is 9.62. The Morgan fingerprint density at radius 2 is 1.65 bits per heavy atom. The highest BCUT2D eigenvalue weighted by Crippen LogP contribution is 2.48. The number of hydrogen-bond acceptors (Lipinski definition) is 2. The highest BCUT2D eigenvalue weighted by atomic mass is 19.2. The summed E-state index contributed by atoms with van der Waals surface area (Å²) in [6.07, 6.45) is 18.9. The van der Waals surface area contributed by atoms with Crippen LogP contribution in [-0.4, -0.2) is 13.7 Å². The second-order valence-corrected chi connectivity index (χ2v) is 9.78. The van der Waals surface area contributed by atoms with Crippen molar-refractivity contribution in [3.05, 3.63) is 47.6 Å². The van der Waals surface area contributed by atoms with Gasteiger partial charge in [0.25, 0.3) is 0 Å². The lowest BCUT2D eigenvalue weighted by Gasteiger charge is -2.44. The highest BCUT2D eigenvalue weighted by molar-refractivity contribution is 5.35. The highest BCUT2D eigenvalue weighted by Gasteiger charge is 2.37. The zero-order chi connectivity index (χ0) is 21.8. The number of allylic oxidation sites excluding steroid dienone is 2. The van der Waals surface area contributed by atoms with Gasteiger partial charge in [0.15, 0.2) is 11.5 Å². The molecule has 31 heavy (non-hydrogen) atoms. The van der Waals surface area contributed by atoms with E-state index in [9.17, 15) is 8.78 Å². The normalized spacial score (nSPS) is 30.5. The first kappa shape index (κ1) is 22.4. The monoisotopic (exact) mass is 430 g/mol. The predicted molar refractivity (Wildman–Crippen MR) is 120 cm³/mol. The number of rotatable bonds is 7. The number of methoxy groups -OCH3 is 1. The van der Waals surface area contributed by atoms with Crippen LogP contribution in [0, 0.1) is 41.2 Å². The fraction of sp³-hybridized carbons (Fsp3) is 0.630. The summed E-state index contributed by atoms with van der Waals surface area (Å²) in [7, 11) is 1.32. The zero-order valence-corrected chi connectivity index (χ0v) is 18.9. The Hall–Kier alpha value is -1.84. The maximum absolute atomic E-state index is 14.1. The molecule has 1 aromatic carbocycles. The van der Waals surface area contributed by atoms with Gasteiger partial charge < -0.3 is 9.47 Å². The summed E-state index contributed by atoms with van der Waals surface area (Å²) in [5, 5.41) is 0. The molecule has 170 valence electrons. The average molecular weight is 431 g/mol. The van der Waals surface area contributed by atoms with Gasteiger partial charge in [-0.05, 0) is 85.8 Å². The lowest BCUT2D eigenvalue weighted by molar-refractivity contribution is 0.0810. The van der Waals surface area contributed by atoms with Crippen molar-refractivity contribution in [3.63, 3.8) is 0 Å². The van der Waals surface area contributed by atoms with Crippen LogP contribution in [0.2, 0.25) is 0 Å². The minimum atomic E-state index is -1.01. The smallest absolute Gasteiger partial charge is 0.204 e. The third kappa shape index (κ3) is 5.15. The summed E-state index contributed by atoms with van der Waals surface area (Å²) in [5.41, 5.74) is 1.03. The van der Waals surface area contributed by atoms with Crippen LogP contribution in [0.15, 0.2) is 35.9 Å². The molecule has 2 saturated carbocycles. The van der Waals surface area contributed by atoms with Crippen LogP contribution in [-0.2, 0) is 0 Å². The summed E-state index contributed by atoms with van der Waals surface area (Å²) in [6.45, 7) is 2.57. The molecule has 1 aromatic rings. The van der Waals surface area contributed by atoms with Crippen LogP contribution in [0.3, 0.4) is 0 Å². The van der Waals surface area contributed by atoms with E-state index in [0.29, 0.717) is 5.92 Å². The van der Waals surface area contributed by atoms with Crippen LogP contribution in [0.25, 0.3) is 0 Å². The van der Waals surface area contributed by atoms with Crippen molar-refractivity contribution >= 4 is 0 Å². The summed E-state index contributed by atoms with van der Waals surface area (Å²) < 4.78 is 38.3. The Kier molecular flexibility index (Phi) is 7.35. The minimum absolute atomic E-state index is 0.0771. The van der Waals surface area contributed by atoms with Crippen molar-refractivity contribution in [2.24, 2.45) is 29.6 Å². The fourth-order valence-corrected chi connectivity index (χ4v) is 6.16. The molecular formula is C27H36F2O2. The molecule has 0 saturated heterocycles. The van der Waals surface area contributed by atoms with E-state index in [0.717, 1.165) is 35.7 Å². The summed E-state index contributed by atoms with van der Waals surface area (Å²) in [4.78, 5) is 0. The van der Waals surface area contributed by atoms with Gasteiger partial charge in [-0.2, -0.15) is 8.78 Å². The largest absolute Gasteiger partial charge is 0.494 e. The van der Waals surface area contributed by atoms with Crippen molar-refractivity contribution in [1.82, 2.24) is 0 Å². The van der Waals surface area contributed by atoms with Crippen molar-refractivity contribution < 1.29 is 18.3 Å². The Morgan fingerprint density at radius 1 is 0.935 bits per heavy atom. The van der Waals surface area contributed by atoms with E-state index in [1.165, 1.54) is 70.6 Å². The van der Waals surface area contributed by atoms with E-state index >= 15 is 0 Å². The van der Waals surface area contributed by atoms with Crippen molar-refractivity contribution in [2.45, 2.75) is 64.7 Å². The van der Waals surface area contributed by atoms with Crippen molar-refractivity contribution in [1.29, 1.82) is 0 Å². The number of fused-ring (bicyclic) bond motifs is 1. The van der Waals surface area contributed by atoms with Gasteiger partial charge in [0.05, 0.1) is 7.11 Å². The average Bonchev–Trinajstić information content (AvgIpc) is 2.80. The van der Waals surface area contributed by atoms with E-state index in [1.807, 2.05) is 0 Å². The molecule has 0 N–H and O–H groups in total. The predicted octanol–water partition coefficient (Wildman–Crippen LogP) is 7.49. The quantitative estimate of drug-likeness (QED) is 0.446. The van der Waals surface area contributed by atoms with Crippen molar-refractivity contribution in [3.8, 4) is 11.5 Å². The summed E-state index contributed by atoms with van der Waals surface area (Å²) in [5.74, 6) is 2.07. The summed E-state index contributed by atoms with van der Waals surface area (Å²) in [6, 6.07) is 2.81. The maximum Gasteiger partial charge on any atom is 0.204 e. The van der Waals surface area contributed by atoms with Gasteiger partial charge in [0.1, 0.15) is 6.61 Å². The van der Waals surface area contributed by atoms with E-state index in [2.05, 4.69) is 25.2 Å². The third-order valence-corrected chi connectivity index (χ3v) is 7.90.